The first-order valence-corrected chi connectivity index (χ1v) is 18.8. The molecule has 0 saturated heterocycles. The molecule has 10 heteroatoms. The predicted molar refractivity (Wildman–Crippen MR) is 213 cm³/mol. The number of ether oxygens (including phenoxy) is 1. The van der Waals surface area contributed by atoms with E-state index < -0.39 is 53.5 Å². The number of Topliss-reactive ketones (excluding diaryl/α,β-unsaturated/α-hetero) is 1. The van der Waals surface area contributed by atoms with Crippen LogP contribution in [0.3, 0.4) is 0 Å². The van der Waals surface area contributed by atoms with Crippen molar-refractivity contribution in [1.82, 2.24) is 16.0 Å². The molecule has 0 radical (unpaired) electrons. The third-order valence-corrected chi connectivity index (χ3v) is 9.91. The number of rotatable bonds is 9. The lowest BCUT2D eigenvalue weighted by molar-refractivity contribution is -0.144. The first-order chi connectivity index (χ1) is 27.2. The van der Waals surface area contributed by atoms with E-state index >= 15 is 0 Å². The van der Waals surface area contributed by atoms with Crippen LogP contribution >= 0.6 is 0 Å². The topological polar surface area (TPSA) is 151 Å². The molecule has 286 valence electrons. The molecule has 0 aliphatic carbocycles. The highest BCUT2D eigenvalue weighted by molar-refractivity contribution is 5.96. The molecule has 0 saturated carbocycles. The summed E-state index contributed by atoms with van der Waals surface area (Å²) in [7, 11) is 0. The van der Waals surface area contributed by atoms with Gasteiger partial charge in [0, 0.05) is 19.3 Å². The van der Waals surface area contributed by atoms with Gasteiger partial charge in [0.15, 0.2) is 12.4 Å². The second kappa shape index (κ2) is 19.2. The molecule has 4 N–H and O–H groups in total. The number of aryl methyl sites for hydroxylation is 1. The Morgan fingerprint density at radius 3 is 1.70 bits per heavy atom. The summed E-state index contributed by atoms with van der Waals surface area (Å²) in [6.07, 6.45) is 0.629. The predicted octanol–water partition coefficient (Wildman–Crippen LogP) is 5.52. The van der Waals surface area contributed by atoms with E-state index in [1.165, 1.54) is 0 Å². The van der Waals surface area contributed by atoms with E-state index in [9.17, 15) is 29.1 Å². The van der Waals surface area contributed by atoms with Crippen molar-refractivity contribution in [2.24, 2.45) is 5.92 Å². The fourth-order valence-corrected chi connectivity index (χ4v) is 6.80. The van der Waals surface area contributed by atoms with Gasteiger partial charge in [-0.3, -0.25) is 24.0 Å². The Morgan fingerprint density at radius 2 is 1.09 bits per heavy atom. The fourth-order valence-electron chi connectivity index (χ4n) is 6.80. The Balaban J connectivity index is 1.33. The Kier molecular flexibility index (Phi) is 13.4. The molecule has 4 atom stereocenters. The summed E-state index contributed by atoms with van der Waals surface area (Å²) in [5, 5.41) is 18.8. The number of carbonyl (C=O) groups is 5. The van der Waals surface area contributed by atoms with Crippen molar-refractivity contribution in [3.05, 3.63) is 162 Å². The van der Waals surface area contributed by atoms with E-state index in [0.29, 0.717) is 17.7 Å². The van der Waals surface area contributed by atoms with E-state index in [0.717, 1.165) is 27.8 Å². The third-order valence-electron chi connectivity index (χ3n) is 9.91. The van der Waals surface area contributed by atoms with Crippen molar-refractivity contribution in [2.45, 2.75) is 56.7 Å². The minimum absolute atomic E-state index is 0.0695. The minimum atomic E-state index is -1.16. The normalized spacial score (nSPS) is 19.6. The fraction of sp³-hybridized carbons (Fsp3) is 0.239. The highest BCUT2D eigenvalue weighted by atomic mass is 16.5. The summed E-state index contributed by atoms with van der Waals surface area (Å²) < 4.78 is 5.72. The van der Waals surface area contributed by atoms with Crippen molar-refractivity contribution in [3.63, 3.8) is 0 Å². The number of fused-ring (bicyclic) bond motifs is 16. The number of carboxylic acid groups (broad SMARTS) is 1. The van der Waals surface area contributed by atoms with Crippen LogP contribution in [0.25, 0.3) is 11.1 Å². The quantitative estimate of drug-likeness (QED) is 0.145. The standard InChI is InChI=1S/C46H45N3O7/c50-42-29-37(46(54)55)26-33-18-23-38(24-19-33)56-30-43(51)47-40(27-32-12-6-2-7-13-32)44(52)49-41(45(53)48-39(42)25-20-31-10-4-1-5-11-31)28-34-16-21-36(22-17-34)35-14-8-3-9-15-35/h1-19,21-24,37,39-41H,20,25-30H2,(H,47,51)(H,48,53)(H,49,52)(H,54,55)/t37-,39+,40+,41-/m1/s1. The van der Waals surface area contributed by atoms with Gasteiger partial charge in [0.2, 0.25) is 11.8 Å². The van der Waals surface area contributed by atoms with E-state index in [2.05, 4.69) is 16.0 Å². The SMILES string of the molecule is O=C1COc2ccc(cc2)C[C@@H](C(=O)O)CC(=O)[C@H](CCc2ccccc2)NC(=O)[C@@H](Cc2ccc(-c3ccccc3)cc2)NC(=O)[C@H](Cc2ccccc2)N1. The van der Waals surface area contributed by atoms with Gasteiger partial charge >= 0.3 is 5.97 Å². The molecule has 3 amide bonds. The van der Waals surface area contributed by atoms with Crippen LogP contribution in [0.4, 0.5) is 0 Å². The molecule has 5 aromatic rings. The number of hydrogen-bond acceptors (Lipinski definition) is 6. The largest absolute Gasteiger partial charge is 0.484 e. The molecule has 7 rings (SSSR count). The van der Waals surface area contributed by atoms with Crippen LogP contribution in [-0.2, 0) is 49.7 Å². The third kappa shape index (κ3) is 11.2. The molecule has 0 aromatic heterocycles. The first kappa shape index (κ1) is 39.2. The van der Waals surface area contributed by atoms with Crippen LogP contribution in [0.5, 0.6) is 5.75 Å². The Bertz CT molecular complexity index is 2090. The van der Waals surface area contributed by atoms with Crippen LogP contribution in [-0.4, -0.2) is 59.3 Å². The van der Waals surface area contributed by atoms with Crippen molar-refractivity contribution < 1.29 is 33.8 Å². The number of aliphatic carboxylic acids is 1. The average molecular weight is 752 g/mol. The molecule has 2 heterocycles. The molecule has 2 aliphatic heterocycles. The second-order valence-electron chi connectivity index (χ2n) is 14.1. The number of amides is 3. The van der Waals surface area contributed by atoms with E-state index in [4.69, 9.17) is 4.74 Å². The van der Waals surface area contributed by atoms with Crippen LogP contribution < -0.4 is 20.7 Å². The molecule has 56 heavy (non-hydrogen) atoms. The molecule has 2 bridgehead atoms. The Hall–Kier alpha value is -6.55. The van der Waals surface area contributed by atoms with E-state index in [1.54, 1.807) is 24.3 Å². The molecule has 0 fully saturated rings. The lowest BCUT2D eigenvalue weighted by atomic mass is 9.90. The monoisotopic (exact) mass is 751 g/mol. The highest BCUT2D eigenvalue weighted by Crippen LogP contribution is 2.22. The van der Waals surface area contributed by atoms with E-state index in [1.807, 2.05) is 115 Å². The van der Waals surface area contributed by atoms with Gasteiger partial charge in [-0.05, 0) is 64.8 Å². The lowest BCUT2D eigenvalue weighted by Gasteiger charge is -2.26. The van der Waals surface area contributed by atoms with E-state index in [-0.39, 0.29) is 38.7 Å². The smallest absolute Gasteiger partial charge is 0.307 e. The molecule has 0 spiro atoms. The number of nitrogens with one attached hydrogen (secondary N) is 3. The van der Waals surface area contributed by atoms with Crippen LogP contribution in [0.2, 0.25) is 0 Å². The summed E-state index contributed by atoms with van der Waals surface area (Å²) in [5.74, 6) is -3.99. The van der Waals surface area contributed by atoms with Gasteiger partial charge in [-0.15, -0.1) is 0 Å². The summed E-state index contributed by atoms with van der Waals surface area (Å²) in [6, 6.07) is 39.6. The maximum Gasteiger partial charge on any atom is 0.307 e. The minimum Gasteiger partial charge on any atom is -0.484 e. The zero-order valence-corrected chi connectivity index (χ0v) is 30.9. The summed E-state index contributed by atoms with van der Waals surface area (Å²) in [4.78, 5) is 68.3. The molecule has 2 aliphatic rings. The highest BCUT2D eigenvalue weighted by Gasteiger charge is 2.32. The number of hydrogen-bond donors (Lipinski definition) is 4. The van der Waals surface area contributed by atoms with Gasteiger partial charge in [-0.25, -0.2) is 0 Å². The van der Waals surface area contributed by atoms with Gasteiger partial charge < -0.3 is 25.8 Å². The summed E-state index contributed by atoms with van der Waals surface area (Å²) in [6.45, 7) is -0.384. The zero-order chi connectivity index (χ0) is 39.3. The Morgan fingerprint density at radius 1 is 0.571 bits per heavy atom. The number of ketones is 1. The van der Waals surface area contributed by atoms with Crippen molar-refractivity contribution in [2.75, 3.05) is 6.61 Å². The maximum atomic E-state index is 14.4. The molecule has 5 aromatic carbocycles. The van der Waals surface area contributed by atoms with Crippen molar-refractivity contribution in [3.8, 4) is 16.9 Å². The number of carbonyl (C=O) groups excluding carboxylic acids is 4. The molecule has 10 nitrogen and oxygen atoms in total. The lowest BCUT2D eigenvalue weighted by Crippen LogP contribution is -2.57. The summed E-state index contributed by atoms with van der Waals surface area (Å²) >= 11 is 0. The maximum absolute atomic E-state index is 14.4. The average Bonchev–Trinajstić information content (AvgIpc) is 3.22. The number of carboxylic acids is 1. The summed E-state index contributed by atoms with van der Waals surface area (Å²) in [5.41, 5.74) is 5.16. The van der Waals surface area contributed by atoms with Crippen LogP contribution in [0, 0.1) is 5.92 Å². The van der Waals surface area contributed by atoms with Crippen LogP contribution in [0.1, 0.15) is 35.1 Å². The van der Waals surface area contributed by atoms with Crippen LogP contribution in [0.15, 0.2) is 140 Å². The zero-order valence-electron chi connectivity index (χ0n) is 30.9. The second-order valence-corrected chi connectivity index (χ2v) is 14.1. The van der Waals surface area contributed by atoms with Gasteiger partial charge in [0.1, 0.15) is 17.8 Å². The molecule has 0 unspecified atom stereocenters. The van der Waals surface area contributed by atoms with Crippen molar-refractivity contribution >= 4 is 29.5 Å². The van der Waals surface area contributed by atoms with Gasteiger partial charge in [-0.1, -0.05) is 127 Å². The number of benzene rings is 5. The first-order valence-electron chi connectivity index (χ1n) is 18.8. The van der Waals surface area contributed by atoms with Gasteiger partial charge in [-0.2, -0.15) is 0 Å². The van der Waals surface area contributed by atoms with Crippen molar-refractivity contribution in [1.29, 1.82) is 0 Å². The van der Waals surface area contributed by atoms with Gasteiger partial charge in [0.05, 0.1) is 12.0 Å². The molecular formula is C46H45N3O7. The molecular weight excluding hydrogens is 707 g/mol. The Labute approximate surface area is 326 Å². The van der Waals surface area contributed by atoms with Gasteiger partial charge in [0.25, 0.3) is 5.91 Å².